The number of ether oxygens (including phenoxy) is 2. The molecular weight excluding hydrogens is 192 g/mol. The molecule has 0 aromatic carbocycles. The van der Waals surface area contributed by atoms with Crippen molar-refractivity contribution in [1.29, 1.82) is 0 Å². The second-order valence-corrected chi connectivity index (χ2v) is 4.29. The van der Waals surface area contributed by atoms with Crippen LogP contribution < -0.4 is 5.32 Å². The largest absolute Gasteiger partial charge is 0.354 e. The lowest BCUT2D eigenvalue weighted by Gasteiger charge is -2.23. The molecule has 0 aliphatic heterocycles. The molecule has 0 spiro atoms. The Labute approximate surface area is 92.9 Å². The lowest BCUT2D eigenvalue weighted by Crippen LogP contribution is -2.42. The zero-order valence-corrected chi connectivity index (χ0v) is 10.3. The summed E-state index contributed by atoms with van der Waals surface area (Å²) in [5.41, 5.74) is 0. The molecule has 1 aliphatic rings. The van der Waals surface area contributed by atoms with Gasteiger partial charge in [0.1, 0.15) is 0 Å². The molecule has 0 bridgehead atoms. The van der Waals surface area contributed by atoms with E-state index < -0.39 is 0 Å². The van der Waals surface area contributed by atoms with Gasteiger partial charge < -0.3 is 19.7 Å². The van der Waals surface area contributed by atoms with E-state index in [2.05, 4.69) is 24.2 Å². The van der Waals surface area contributed by atoms with Gasteiger partial charge in [0.05, 0.1) is 6.04 Å². The van der Waals surface area contributed by atoms with E-state index in [4.69, 9.17) is 9.47 Å². The van der Waals surface area contributed by atoms with Gasteiger partial charge in [-0.3, -0.25) is 0 Å². The molecule has 0 amide bonds. The minimum Gasteiger partial charge on any atom is -0.354 e. The van der Waals surface area contributed by atoms with Gasteiger partial charge in [-0.05, 0) is 26.8 Å². The molecule has 1 rings (SSSR count). The number of hydrogen-bond acceptors (Lipinski definition) is 4. The standard InChI is InChI=1S/C11H24N2O2/c1-9(11(14-3)15-4)12-7-8-13(2)10-5-6-10/h9-12H,5-8H2,1-4H3. The molecule has 1 fully saturated rings. The van der Waals surface area contributed by atoms with Crippen LogP contribution in [0.15, 0.2) is 0 Å². The number of likely N-dealkylation sites (N-methyl/N-ethyl adjacent to an activating group) is 1. The highest BCUT2D eigenvalue weighted by atomic mass is 16.7. The molecule has 90 valence electrons. The van der Waals surface area contributed by atoms with Crippen LogP contribution in [0.1, 0.15) is 19.8 Å². The normalized spacial score (nSPS) is 18.8. The van der Waals surface area contributed by atoms with Crippen LogP contribution >= 0.6 is 0 Å². The molecule has 0 aromatic rings. The van der Waals surface area contributed by atoms with E-state index in [0.29, 0.717) is 0 Å². The maximum atomic E-state index is 5.18. The number of rotatable bonds is 8. The van der Waals surface area contributed by atoms with E-state index in [1.807, 2.05) is 0 Å². The molecule has 4 heteroatoms. The van der Waals surface area contributed by atoms with Gasteiger partial charge >= 0.3 is 0 Å². The summed E-state index contributed by atoms with van der Waals surface area (Å²) >= 11 is 0. The highest BCUT2D eigenvalue weighted by Gasteiger charge is 2.25. The minimum absolute atomic E-state index is 0.156. The summed E-state index contributed by atoms with van der Waals surface area (Å²) in [4.78, 5) is 2.41. The average molecular weight is 216 g/mol. The number of nitrogens with one attached hydrogen (secondary N) is 1. The fourth-order valence-corrected chi connectivity index (χ4v) is 1.77. The van der Waals surface area contributed by atoms with Gasteiger partial charge in [-0.1, -0.05) is 0 Å². The van der Waals surface area contributed by atoms with E-state index in [9.17, 15) is 0 Å². The fraction of sp³-hybridized carbons (Fsp3) is 1.00. The van der Waals surface area contributed by atoms with Crippen LogP contribution in [0, 0.1) is 0 Å². The number of hydrogen-bond donors (Lipinski definition) is 1. The van der Waals surface area contributed by atoms with Crippen molar-refractivity contribution in [3.05, 3.63) is 0 Å². The summed E-state index contributed by atoms with van der Waals surface area (Å²) in [7, 11) is 5.53. The molecule has 1 unspecified atom stereocenters. The predicted octanol–water partition coefficient (Wildman–Crippen LogP) is 0.678. The molecule has 1 aliphatic carbocycles. The summed E-state index contributed by atoms with van der Waals surface area (Å²) < 4.78 is 10.4. The Hall–Kier alpha value is -0.160. The maximum Gasteiger partial charge on any atom is 0.171 e. The zero-order valence-electron chi connectivity index (χ0n) is 10.3. The van der Waals surface area contributed by atoms with Crippen molar-refractivity contribution >= 4 is 0 Å². The van der Waals surface area contributed by atoms with Gasteiger partial charge in [-0.2, -0.15) is 0 Å². The molecule has 0 aromatic heterocycles. The summed E-state index contributed by atoms with van der Waals surface area (Å²) in [6.45, 7) is 4.15. The molecular formula is C11H24N2O2. The van der Waals surface area contributed by atoms with Crippen LogP contribution in [-0.4, -0.2) is 57.6 Å². The Kier molecular flexibility index (Phi) is 5.53. The van der Waals surface area contributed by atoms with Gasteiger partial charge in [-0.15, -0.1) is 0 Å². The van der Waals surface area contributed by atoms with Crippen molar-refractivity contribution in [2.45, 2.75) is 38.1 Å². The lowest BCUT2D eigenvalue weighted by molar-refractivity contribution is -0.119. The lowest BCUT2D eigenvalue weighted by atomic mass is 10.3. The molecule has 15 heavy (non-hydrogen) atoms. The van der Waals surface area contributed by atoms with Gasteiger partial charge in [0, 0.05) is 33.4 Å². The SMILES string of the molecule is COC(OC)C(C)NCCN(C)C1CC1. The Bertz CT molecular complexity index is 170. The third-order valence-electron chi connectivity index (χ3n) is 2.97. The van der Waals surface area contributed by atoms with Gasteiger partial charge in [0.25, 0.3) is 0 Å². The third-order valence-corrected chi connectivity index (χ3v) is 2.97. The van der Waals surface area contributed by atoms with Gasteiger partial charge in [0.15, 0.2) is 6.29 Å². The quantitative estimate of drug-likeness (QED) is 0.605. The van der Waals surface area contributed by atoms with Crippen LogP contribution in [0.3, 0.4) is 0 Å². The van der Waals surface area contributed by atoms with E-state index in [0.717, 1.165) is 19.1 Å². The van der Waals surface area contributed by atoms with E-state index in [1.165, 1.54) is 12.8 Å². The van der Waals surface area contributed by atoms with E-state index in [-0.39, 0.29) is 12.3 Å². The zero-order chi connectivity index (χ0) is 11.3. The first-order valence-electron chi connectivity index (χ1n) is 5.68. The Balaban J connectivity index is 2.07. The Morgan fingerprint density at radius 2 is 1.93 bits per heavy atom. The van der Waals surface area contributed by atoms with E-state index in [1.54, 1.807) is 14.2 Å². The summed E-state index contributed by atoms with van der Waals surface area (Å²) in [6.07, 6.45) is 2.58. The van der Waals surface area contributed by atoms with Crippen molar-refractivity contribution in [2.24, 2.45) is 0 Å². The second kappa shape index (κ2) is 6.43. The van der Waals surface area contributed by atoms with Gasteiger partial charge in [-0.25, -0.2) is 0 Å². The highest BCUT2D eigenvalue weighted by molar-refractivity contribution is 4.82. The molecule has 4 nitrogen and oxygen atoms in total. The van der Waals surface area contributed by atoms with Crippen LogP contribution in [0.4, 0.5) is 0 Å². The molecule has 0 saturated heterocycles. The summed E-state index contributed by atoms with van der Waals surface area (Å²) in [5, 5.41) is 3.41. The predicted molar refractivity (Wildman–Crippen MR) is 60.9 cm³/mol. The molecule has 0 radical (unpaired) electrons. The topological polar surface area (TPSA) is 33.7 Å². The van der Waals surface area contributed by atoms with Crippen molar-refractivity contribution in [3.63, 3.8) is 0 Å². The highest BCUT2D eigenvalue weighted by Crippen LogP contribution is 2.24. The van der Waals surface area contributed by atoms with Crippen LogP contribution in [0.2, 0.25) is 0 Å². The Morgan fingerprint density at radius 1 is 1.33 bits per heavy atom. The van der Waals surface area contributed by atoms with Crippen molar-refractivity contribution in [3.8, 4) is 0 Å². The van der Waals surface area contributed by atoms with Crippen LogP contribution in [0.25, 0.3) is 0 Å². The molecule has 0 heterocycles. The van der Waals surface area contributed by atoms with E-state index >= 15 is 0 Å². The van der Waals surface area contributed by atoms with Crippen molar-refractivity contribution in [1.82, 2.24) is 10.2 Å². The number of nitrogens with zero attached hydrogens (tertiary/aromatic N) is 1. The summed E-state index contributed by atoms with van der Waals surface area (Å²) in [6, 6.07) is 1.07. The minimum atomic E-state index is -0.156. The van der Waals surface area contributed by atoms with Gasteiger partial charge in [0.2, 0.25) is 0 Å². The first kappa shape index (κ1) is 12.9. The second-order valence-electron chi connectivity index (χ2n) is 4.29. The van der Waals surface area contributed by atoms with Crippen molar-refractivity contribution in [2.75, 3.05) is 34.4 Å². The first-order chi connectivity index (χ1) is 7.19. The number of methoxy groups -OCH3 is 2. The maximum absolute atomic E-state index is 5.18. The first-order valence-corrected chi connectivity index (χ1v) is 5.68. The molecule has 1 N–H and O–H groups in total. The van der Waals surface area contributed by atoms with Crippen molar-refractivity contribution < 1.29 is 9.47 Å². The van der Waals surface area contributed by atoms with Crippen LogP contribution in [0.5, 0.6) is 0 Å². The monoisotopic (exact) mass is 216 g/mol. The smallest absolute Gasteiger partial charge is 0.171 e. The Morgan fingerprint density at radius 3 is 2.40 bits per heavy atom. The fourth-order valence-electron chi connectivity index (χ4n) is 1.77. The molecule has 1 atom stereocenters. The summed E-state index contributed by atoms with van der Waals surface area (Å²) in [5.74, 6) is 0. The van der Waals surface area contributed by atoms with Crippen LogP contribution in [-0.2, 0) is 9.47 Å². The molecule has 1 saturated carbocycles. The average Bonchev–Trinajstić information content (AvgIpc) is 3.02. The third kappa shape index (κ3) is 4.47.